The predicted octanol–water partition coefficient (Wildman–Crippen LogP) is 2.08. The highest BCUT2D eigenvalue weighted by molar-refractivity contribution is 5.49. The van der Waals surface area contributed by atoms with Crippen LogP contribution in [-0.4, -0.2) is 29.9 Å². The second kappa shape index (κ2) is 5.17. The van der Waals surface area contributed by atoms with Gasteiger partial charge in [0.15, 0.2) is 0 Å². The monoisotopic (exact) mass is 234 g/mol. The number of carbonyl (C=O) groups excluding carboxylic acids is 1. The molecule has 1 aliphatic rings. The number of piperidine rings is 1. The van der Waals surface area contributed by atoms with Crippen molar-refractivity contribution in [1.29, 1.82) is 0 Å². The summed E-state index contributed by atoms with van der Waals surface area (Å²) in [5.74, 6) is 0.625. The number of rotatable bonds is 3. The number of amides is 1. The Morgan fingerprint density at radius 3 is 2.94 bits per heavy atom. The van der Waals surface area contributed by atoms with Crippen molar-refractivity contribution in [2.75, 3.05) is 13.7 Å². The predicted molar refractivity (Wildman–Crippen MR) is 64.9 cm³/mol. The van der Waals surface area contributed by atoms with Crippen LogP contribution in [0.25, 0.3) is 0 Å². The van der Waals surface area contributed by atoms with E-state index in [1.807, 2.05) is 24.0 Å². The van der Waals surface area contributed by atoms with Crippen LogP contribution in [0.15, 0.2) is 12.1 Å². The van der Waals surface area contributed by atoms with E-state index in [0.29, 0.717) is 5.88 Å². The number of pyridine rings is 1. The van der Waals surface area contributed by atoms with Crippen molar-refractivity contribution in [1.82, 2.24) is 9.88 Å². The largest absolute Gasteiger partial charge is 0.481 e. The molecule has 4 nitrogen and oxygen atoms in total. The first-order chi connectivity index (χ1) is 8.26. The number of hydrogen-bond acceptors (Lipinski definition) is 3. The summed E-state index contributed by atoms with van der Waals surface area (Å²) in [7, 11) is 1.61. The number of hydrogen-bond donors (Lipinski definition) is 0. The van der Waals surface area contributed by atoms with Gasteiger partial charge in [-0.2, -0.15) is 0 Å². The van der Waals surface area contributed by atoms with Crippen molar-refractivity contribution in [3.63, 3.8) is 0 Å². The first-order valence-electron chi connectivity index (χ1n) is 5.99. The fraction of sp³-hybridized carbons (Fsp3) is 0.538. The lowest BCUT2D eigenvalue weighted by Crippen LogP contribution is -2.32. The van der Waals surface area contributed by atoms with Gasteiger partial charge in [-0.3, -0.25) is 4.79 Å². The molecule has 17 heavy (non-hydrogen) atoms. The molecule has 4 heteroatoms. The maximum Gasteiger partial charge on any atom is 0.213 e. The van der Waals surface area contributed by atoms with Crippen LogP contribution < -0.4 is 4.74 Å². The Kier molecular flexibility index (Phi) is 3.61. The van der Waals surface area contributed by atoms with Crippen molar-refractivity contribution in [3.8, 4) is 5.88 Å². The molecule has 1 aromatic rings. The van der Waals surface area contributed by atoms with Crippen LogP contribution in [0.4, 0.5) is 0 Å². The van der Waals surface area contributed by atoms with Gasteiger partial charge in [0, 0.05) is 18.3 Å². The van der Waals surface area contributed by atoms with Gasteiger partial charge in [0.05, 0.1) is 13.2 Å². The van der Waals surface area contributed by atoms with Crippen molar-refractivity contribution in [3.05, 3.63) is 23.4 Å². The lowest BCUT2D eigenvalue weighted by Gasteiger charge is -2.33. The second-order valence-corrected chi connectivity index (χ2v) is 4.38. The molecule has 0 aliphatic carbocycles. The summed E-state index contributed by atoms with van der Waals surface area (Å²) in [5, 5.41) is 0. The zero-order chi connectivity index (χ0) is 12.3. The van der Waals surface area contributed by atoms with Crippen molar-refractivity contribution >= 4 is 6.41 Å². The first-order valence-corrected chi connectivity index (χ1v) is 5.99. The Morgan fingerprint density at radius 1 is 1.47 bits per heavy atom. The number of aromatic nitrogens is 1. The Balaban J connectivity index is 2.28. The topological polar surface area (TPSA) is 42.4 Å². The Labute approximate surface area is 102 Å². The van der Waals surface area contributed by atoms with E-state index in [-0.39, 0.29) is 6.04 Å². The summed E-state index contributed by atoms with van der Waals surface area (Å²) in [5.41, 5.74) is 2.08. The molecule has 1 amide bonds. The van der Waals surface area contributed by atoms with Gasteiger partial charge in [-0.15, -0.1) is 0 Å². The average Bonchev–Trinajstić information content (AvgIpc) is 2.38. The van der Waals surface area contributed by atoms with Crippen molar-refractivity contribution in [2.24, 2.45) is 0 Å². The van der Waals surface area contributed by atoms with Crippen LogP contribution >= 0.6 is 0 Å². The van der Waals surface area contributed by atoms with E-state index in [9.17, 15) is 4.79 Å². The first kappa shape index (κ1) is 11.9. The van der Waals surface area contributed by atoms with Gasteiger partial charge in [-0.1, -0.05) is 0 Å². The number of carbonyl (C=O) groups is 1. The molecule has 0 saturated carbocycles. The zero-order valence-electron chi connectivity index (χ0n) is 10.3. The van der Waals surface area contributed by atoms with Gasteiger partial charge in [-0.05, 0) is 37.8 Å². The van der Waals surface area contributed by atoms with E-state index >= 15 is 0 Å². The molecule has 92 valence electrons. The van der Waals surface area contributed by atoms with Crippen LogP contribution in [0.5, 0.6) is 5.88 Å². The van der Waals surface area contributed by atoms with Crippen LogP contribution in [0, 0.1) is 6.92 Å². The van der Waals surface area contributed by atoms with Crippen molar-refractivity contribution in [2.45, 2.75) is 32.2 Å². The van der Waals surface area contributed by atoms with Crippen LogP contribution in [0.2, 0.25) is 0 Å². The standard InChI is InChI=1S/C13H18N2O2/c1-10-11(6-7-13(14-10)17-2)12-5-3-4-8-15(12)9-16/h6-7,9,12H,3-5,8H2,1-2H3/t12-/m1/s1. The maximum absolute atomic E-state index is 11.1. The van der Waals surface area contributed by atoms with Gasteiger partial charge in [0.25, 0.3) is 0 Å². The summed E-state index contributed by atoms with van der Waals surface area (Å²) in [6.07, 6.45) is 4.24. The average molecular weight is 234 g/mol. The number of ether oxygens (including phenoxy) is 1. The fourth-order valence-corrected chi connectivity index (χ4v) is 2.43. The lowest BCUT2D eigenvalue weighted by molar-refractivity contribution is -0.121. The van der Waals surface area contributed by atoms with Crippen molar-refractivity contribution < 1.29 is 9.53 Å². The summed E-state index contributed by atoms with van der Waals surface area (Å²) < 4.78 is 5.10. The van der Waals surface area contributed by atoms with E-state index < -0.39 is 0 Å². The summed E-state index contributed by atoms with van der Waals surface area (Å²) in [6, 6.07) is 4.06. The number of likely N-dealkylation sites (tertiary alicyclic amines) is 1. The molecule has 1 fully saturated rings. The van der Waals surface area contributed by atoms with Gasteiger partial charge in [0.2, 0.25) is 12.3 Å². The Bertz CT molecular complexity index is 406. The molecule has 0 bridgehead atoms. The maximum atomic E-state index is 11.1. The summed E-state index contributed by atoms with van der Waals surface area (Å²) >= 11 is 0. The zero-order valence-corrected chi connectivity index (χ0v) is 10.3. The van der Waals surface area contributed by atoms with E-state index in [2.05, 4.69) is 4.98 Å². The molecule has 0 spiro atoms. The van der Waals surface area contributed by atoms with Gasteiger partial charge >= 0.3 is 0 Å². The molecule has 1 saturated heterocycles. The lowest BCUT2D eigenvalue weighted by atomic mass is 9.95. The molecular formula is C13H18N2O2. The quantitative estimate of drug-likeness (QED) is 0.752. The Hall–Kier alpha value is -1.58. The van der Waals surface area contributed by atoms with Gasteiger partial charge < -0.3 is 9.64 Å². The summed E-state index contributed by atoms with van der Waals surface area (Å²) in [4.78, 5) is 17.3. The molecule has 1 aliphatic heterocycles. The highest BCUT2D eigenvalue weighted by Crippen LogP contribution is 2.31. The van der Waals surface area contributed by atoms with Crippen LogP contribution in [0.3, 0.4) is 0 Å². The molecule has 0 unspecified atom stereocenters. The highest BCUT2D eigenvalue weighted by atomic mass is 16.5. The third kappa shape index (κ3) is 2.40. The highest BCUT2D eigenvalue weighted by Gasteiger charge is 2.24. The fourth-order valence-electron chi connectivity index (χ4n) is 2.43. The van der Waals surface area contributed by atoms with Crippen LogP contribution in [-0.2, 0) is 4.79 Å². The number of methoxy groups -OCH3 is 1. The molecule has 1 aromatic heterocycles. The van der Waals surface area contributed by atoms with E-state index in [4.69, 9.17) is 4.74 Å². The Morgan fingerprint density at radius 2 is 2.29 bits per heavy atom. The van der Waals surface area contributed by atoms with E-state index in [0.717, 1.165) is 37.1 Å². The smallest absolute Gasteiger partial charge is 0.213 e. The van der Waals surface area contributed by atoms with E-state index in [1.54, 1.807) is 7.11 Å². The third-order valence-corrected chi connectivity index (χ3v) is 3.35. The molecule has 2 rings (SSSR count). The second-order valence-electron chi connectivity index (χ2n) is 4.38. The van der Waals surface area contributed by atoms with E-state index in [1.165, 1.54) is 6.42 Å². The normalized spacial score (nSPS) is 20.1. The minimum Gasteiger partial charge on any atom is -0.481 e. The van der Waals surface area contributed by atoms with Gasteiger partial charge in [-0.25, -0.2) is 4.98 Å². The number of aryl methyl sites for hydroxylation is 1. The summed E-state index contributed by atoms with van der Waals surface area (Å²) in [6.45, 7) is 2.81. The van der Waals surface area contributed by atoms with Gasteiger partial charge in [0.1, 0.15) is 0 Å². The third-order valence-electron chi connectivity index (χ3n) is 3.35. The molecular weight excluding hydrogens is 216 g/mol. The molecule has 1 atom stereocenters. The molecule has 0 aromatic carbocycles. The number of nitrogens with zero attached hydrogens (tertiary/aromatic N) is 2. The van der Waals surface area contributed by atoms with Crippen LogP contribution in [0.1, 0.15) is 36.6 Å². The SMILES string of the molecule is COc1ccc([C@H]2CCCCN2C=O)c(C)n1. The minimum atomic E-state index is 0.180. The minimum absolute atomic E-state index is 0.180. The molecule has 0 N–H and O–H groups in total. The molecule has 2 heterocycles. The molecule has 0 radical (unpaired) electrons.